The number of nitrogens with two attached hydrogens (primary N) is 1. The Morgan fingerprint density at radius 3 is 2.57 bits per heavy atom. The number of carbonyl (C=O) groups is 1. The Labute approximate surface area is 84.1 Å². The van der Waals surface area contributed by atoms with Crippen molar-refractivity contribution in [3.8, 4) is 0 Å². The van der Waals surface area contributed by atoms with Crippen molar-refractivity contribution < 1.29 is 10.0 Å². The number of hydrogen-bond donors (Lipinski definition) is 3. The lowest BCUT2D eigenvalue weighted by Crippen LogP contribution is -2.21. The molecule has 1 amide bonds. The van der Waals surface area contributed by atoms with Crippen LogP contribution in [0, 0.1) is 11.8 Å². The number of hydrogen-bond acceptors (Lipinski definition) is 3. The summed E-state index contributed by atoms with van der Waals surface area (Å²) in [6.45, 7) is 0.771. The number of hydroxylamine groups is 1. The fourth-order valence-electron chi connectivity index (χ4n) is 1.88. The van der Waals surface area contributed by atoms with Gasteiger partial charge >= 0.3 is 0 Å². The van der Waals surface area contributed by atoms with Crippen LogP contribution >= 0.6 is 0 Å². The van der Waals surface area contributed by atoms with Crippen molar-refractivity contribution in [2.45, 2.75) is 25.7 Å². The maximum Gasteiger partial charge on any atom is 0.267 e. The molecule has 1 fully saturated rings. The predicted octanol–water partition coefficient (Wildman–Crippen LogP) is 0.813. The Kier molecular flexibility index (Phi) is 4.62. The molecule has 80 valence electrons. The highest BCUT2D eigenvalue weighted by Gasteiger charge is 2.18. The van der Waals surface area contributed by atoms with Gasteiger partial charge in [0.05, 0.1) is 0 Å². The van der Waals surface area contributed by atoms with E-state index in [1.54, 1.807) is 5.48 Å². The van der Waals surface area contributed by atoms with E-state index in [1.165, 1.54) is 6.08 Å². The Bertz CT molecular complexity index is 208. The van der Waals surface area contributed by atoms with Gasteiger partial charge in [0.25, 0.3) is 5.91 Å². The van der Waals surface area contributed by atoms with Crippen LogP contribution in [-0.4, -0.2) is 17.7 Å². The molecular formula is C10H18N2O2. The average Bonchev–Trinajstić information content (AvgIpc) is 2.26. The Hall–Kier alpha value is -0.870. The summed E-state index contributed by atoms with van der Waals surface area (Å²) in [7, 11) is 0. The van der Waals surface area contributed by atoms with Gasteiger partial charge in [-0.3, -0.25) is 10.0 Å². The number of amides is 1. The molecule has 0 unspecified atom stereocenters. The fraction of sp³-hybridized carbons (Fsp3) is 0.700. The minimum atomic E-state index is -0.453. The molecule has 0 saturated heterocycles. The van der Waals surface area contributed by atoms with Gasteiger partial charge in [0.2, 0.25) is 0 Å². The van der Waals surface area contributed by atoms with Crippen LogP contribution in [0.3, 0.4) is 0 Å². The minimum absolute atomic E-state index is 0.453. The highest BCUT2D eigenvalue weighted by atomic mass is 16.5. The molecule has 1 aliphatic rings. The van der Waals surface area contributed by atoms with Crippen molar-refractivity contribution in [3.63, 3.8) is 0 Å². The molecule has 0 bridgehead atoms. The van der Waals surface area contributed by atoms with Gasteiger partial charge in [0.15, 0.2) is 0 Å². The summed E-state index contributed by atoms with van der Waals surface area (Å²) in [5.74, 6) is 0.673. The lowest BCUT2D eigenvalue weighted by Gasteiger charge is -2.25. The van der Waals surface area contributed by atoms with E-state index in [9.17, 15) is 4.79 Å². The molecular weight excluding hydrogens is 180 g/mol. The largest absolute Gasteiger partial charge is 0.330 e. The van der Waals surface area contributed by atoms with Gasteiger partial charge < -0.3 is 5.73 Å². The molecule has 0 heterocycles. The molecule has 0 spiro atoms. The van der Waals surface area contributed by atoms with Crippen LogP contribution in [0.25, 0.3) is 0 Å². The van der Waals surface area contributed by atoms with Crippen LogP contribution in [0.1, 0.15) is 25.7 Å². The maximum atomic E-state index is 10.7. The summed E-state index contributed by atoms with van der Waals surface area (Å²) in [6.07, 6.45) is 7.75. The van der Waals surface area contributed by atoms with E-state index >= 15 is 0 Å². The molecule has 4 heteroatoms. The van der Waals surface area contributed by atoms with E-state index in [1.807, 2.05) is 6.08 Å². The molecule has 1 aliphatic carbocycles. The topological polar surface area (TPSA) is 75.4 Å². The summed E-state index contributed by atoms with van der Waals surface area (Å²) in [5.41, 5.74) is 7.16. The van der Waals surface area contributed by atoms with Gasteiger partial charge in [0.1, 0.15) is 0 Å². The van der Waals surface area contributed by atoms with Gasteiger partial charge in [-0.2, -0.15) is 0 Å². The van der Waals surface area contributed by atoms with Crippen molar-refractivity contribution in [1.29, 1.82) is 0 Å². The predicted molar refractivity (Wildman–Crippen MR) is 53.6 cm³/mol. The number of allylic oxidation sites excluding steroid dienone is 1. The zero-order chi connectivity index (χ0) is 10.4. The zero-order valence-electron chi connectivity index (χ0n) is 8.28. The van der Waals surface area contributed by atoms with E-state index < -0.39 is 5.91 Å². The summed E-state index contributed by atoms with van der Waals surface area (Å²) < 4.78 is 0. The van der Waals surface area contributed by atoms with Crippen LogP contribution in [-0.2, 0) is 4.79 Å². The van der Waals surface area contributed by atoms with Gasteiger partial charge in [-0.15, -0.1) is 0 Å². The lowest BCUT2D eigenvalue weighted by atomic mass is 9.82. The van der Waals surface area contributed by atoms with Crippen molar-refractivity contribution in [3.05, 3.63) is 12.2 Å². The smallest absolute Gasteiger partial charge is 0.267 e. The molecule has 1 saturated carbocycles. The summed E-state index contributed by atoms with van der Waals surface area (Å²) in [6, 6.07) is 0. The highest BCUT2D eigenvalue weighted by molar-refractivity contribution is 5.86. The van der Waals surface area contributed by atoms with Crippen LogP contribution in [0.4, 0.5) is 0 Å². The molecule has 0 aromatic rings. The van der Waals surface area contributed by atoms with Crippen molar-refractivity contribution >= 4 is 5.91 Å². The molecule has 0 aromatic heterocycles. The zero-order valence-corrected chi connectivity index (χ0v) is 8.28. The van der Waals surface area contributed by atoms with Crippen LogP contribution < -0.4 is 11.2 Å². The molecule has 4 N–H and O–H groups in total. The van der Waals surface area contributed by atoms with Crippen molar-refractivity contribution in [2.75, 3.05) is 6.54 Å². The second kappa shape index (κ2) is 5.78. The van der Waals surface area contributed by atoms with E-state index in [0.717, 1.165) is 32.2 Å². The monoisotopic (exact) mass is 198 g/mol. The minimum Gasteiger partial charge on any atom is -0.330 e. The number of nitrogens with one attached hydrogen (secondary N) is 1. The molecule has 4 nitrogen and oxygen atoms in total. The maximum absolute atomic E-state index is 10.7. The third-order valence-corrected chi connectivity index (χ3v) is 2.85. The summed E-state index contributed by atoms with van der Waals surface area (Å²) >= 11 is 0. The van der Waals surface area contributed by atoms with Crippen molar-refractivity contribution in [2.24, 2.45) is 17.6 Å². The molecule has 1 rings (SSSR count). The molecule has 0 aromatic carbocycles. The Morgan fingerprint density at radius 1 is 1.43 bits per heavy atom. The SMILES string of the molecule is NCC1CCC(C=CC(=O)NO)CC1. The third-order valence-electron chi connectivity index (χ3n) is 2.85. The van der Waals surface area contributed by atoms with Gasteiger partial charge in [-0.05, 0) is 44.1 Å². The first-order chi connectivity index (χ1) is 6.76. The molecule has 0 atom stereocenters. The normalized spacial score (nSPS) is 27.9. The number of rotatable bonds is 3. The average molecular weight is 198 g/mol. The van der Waals surface area contributed by atoms with E-state index in [0.29, 0.717) is 11.8 Å². The fourth-order valence-corrected chi connectivity index (χ4v) is 1.88. The lowest BCUT2D eigenvalue weighted by molar-refractivity contribution is -0.124. The first kappa shape index (κ1) is 11.2. The van der Waals surface area contributed by atoms with Gasteiger partial charge in [-0.25, -0.2) is 5.48 Å². The second-order valence-corrected chi connectivity index (χ2v) is 3.85. The standard InChI is InChI=1S/C10H18N2O2/c11-7-9-3-1-8(2-4-9)5-6-10(13)12-14/h5-6,8-9,14H,1-4,7,11H2,(H,12,13). The Morgan fingerprint density at radius 2 is 2.07 bits per heavy atom. The first-order valence-electron chi connectivity index (χ1n) is 5.08. The quantitative estimate of drug-likeness (QED) is 0.357. The highest BCUT2D eigenvalue weighted by Crippen LogP contribution is 2.28. The van der Waals surface area contributed by atoms with Crippen LogP contribution in [0.15, 0.2) is 12.2 Å². The molecule has 0 radical (unpaired) electrons. The second-order valence-electron chi connectivity index (χ2n) is 3.85. The van der Waals surface area contributed by atoms with E-state index in [4.69, 9.17) is 10.9 Å². The van der Waals surface area contributed by atoms with E-state index in [-0.39, 0.29) is 0 Å². The summed E-state index contributed by atoms with van der Waals surface area (Å²) in [5, 5.41) is 8.28. The third kappa shape index (κ3) is 3.47. The first-order valence-corrected chi connectivity index (χ1v) is 5.08. The molecule has 14 heavy (non-hydrogen) atoms. The Balaban J connectivity index is 2.28. The van der Waals surface area contributed by atoms with Gasteiger partial charge in [-0.1, -0.05) is 6.08 Å². The molecule has 0 aliphatic heterocycles. The van der Waals surface area contributed by atoms with Crippen molar-refractivity contribution in [1.82, 2.24) is 5.48 Å². The van der Waals surface area contributed by atoms with E-state index in [2.05, 4.69) is 0 Å². The summed E-state index contributed by atoms with van der Waals surface area (Å²) in [4.78, 5) is 10.7. The van der Waals surface area contributed by atoms with Crippen LogP contribution in [0.2, 0.25) is 0 Å². The van der Waals surface area contributed by atoms with Crippen LogP contribution in [0.5, 0.6) is 0 Å². The van der Waals surface area contributed by atoms with Gasteiger partial charge in [0, 0.05) is 6.08 Å². The number of carbonyl (C=O) groups excluding carboxylic acids is 1.